The van der Waals surface area contributed by atoms with Crippen molar-refractivity contribution in [3.63, 3.8) is 0 Å². The third-order valence-corrected chi connectivity index (χ3v) is 7.23. The Hall–Kier alpha value is -0.310. The third-order valence-electron chi connectivity index (χ3n) is 6.04. The molecule has 0 heterocycles. The molecule has 0 spiro atoms. The van der Waals surface area contributed by atoms with Gasteiger partial charge in [-0.1, -0.05) is 90.9 Å². The summed E-state index contributed by atoms with van der Waals surface area (Å²) >= 11 is 0. The number of carbonyl (C=O) groups is 2. The van der Waals surface area contributed by atoms with Gasteiger partial charge >= 0.3 is 0 Å². The van der Waals surface area contributed by atoms with Crippen molar-refractivity contribution in [1.29, 1.82) is 0 Å². The molecule has 0 aliphatic carbocycles. The van der Waals surface area contributed by atoms with Gasteiger partial charge in [0.05, 0.1) is 21.1 Å². The first-order valence-electron chi connectivity index (χ1n) is 12.4. The lowest BCUT2D eigenvalue weighted by Crippen LogP contribution is -2.63. The molecule has 1 atom stereocenters. The summed E-state index contributed by atoms with van der Waals surface area (Å²) in [5.74, 6) is -1.29. The second-order valence-electron chi connectivity index (χ2n) is 9.87. The van der Waals surface area contributed by atoms with Crippen LogP contribution in [-0.2, 0) is 9.59 Å². The van der Waals surface area contributed by atoms with Gasteiger partial charge in [-0.2, -0.15) is 0 Å². The van der Waals surface area contributed by atoms with E-state index in [0.29, 0.717) is 4.48 Å². The number of ketones is 2. The van der Waals surface area contributed by atoms with Crippen LogP contribution in [0.4, 0.5) is 0 Å². The number of carbonyl (C=O) groups excluding carboxylic acids is 2. The van der Waals surface area contributed by atoms with Crippen molar-refractivity contribution < 1.29 is 19.2 Å². The summed E-state index contributed by atoms with van der Waals surface area (Å²) in [6.07, 6.45) is 16.1. The Morgan fingerprint density at radius 3 is 1.30 bits per heavy atom. The van der Waals surface area contributed by atoms with Gasteiger partial charge in [0, 0.05) is 18.6 Å². The Morgan fingerprint density at radius 2 is 1.00 bits per heavy atom. The van der Waals surface area contributed by atoms with Crippen LogP contribution in [0.25, 0.3) is 0 Å². The highest BCUT2D eigenvalue weighted by Gasteiger charge is 2.48. The molecule has 0 aromatic heterocycles. The number of hydrogen-bond donors (Lipinski definition) is 1. The minimum atomic E-state index is -1.94. The average molecular weight is 444 g/mol. The molecular weight excluding hydrogens is 393 g/mol. The molecule has 0 aromatic carbocycles. The van der Waals surface area contributed by atoms with Crippen molar-refractivity contribution in [2.24, 2.45) is 0 Å². The van der Waals surface area contributed by atoms with Crippen LogP contribution in [-0.4, -0.2) is 53.7 Å². The average Bonchev–Trinajstić information content (AvgIpc) is 2.70. The van der Waals surface area contributed by atoms with Gasteiger partial charge in [0.2, 0.25) is 5.60 Å². The van der Waals surface area contributed by atoms with Crippen molar-refractivity contribution >= 4 is 20.8 Å². The van der Waals surface area contributed by atoms with Gasteiger partial charge in [0.1, 0.15) is 0 Å². The summed E-state index contributed by atoms with van der Waals surface area (Å²) in [5.41, 5.74) is -1.94. The zero-order valence-electron chi connectivity index (χ0n) is 20.6. The van der Waals surface area contributed by atoms with Crippen molar-refractivity contribution in [3.8, 4) is 0 Å². The maximum absolute atomic E-state index is 13.0. The molecule has 0 aromatic rings. The minimum absolute atomic E-state index is 0.272. The molecule has 0 radical (unpaired) electrons. The Labute approximate surface area is 189 Å². The first-order chi connectivity index (χ1) is 14.1. The highest BCUT2D eigenvalue weighted by molar-refractivity contribution is 7.17. The summed E-state index contributed by atoms with van der Waals surface area (Å²) in [6, 6.07) is 0. The molecule has 0 saturated carbocycles. The molecule has 0 aliphatic rings. The summed E-state index contributed by atoms with van der Waals surface area (Å²) in [6.45, 7) is 4.40. The van der Waals surface area contributed by atoms with E-state index in [2.05, 4.69) is 23.1 Å². The van der Waals surface area contributed by atoms with E-state index in [1.807, 2.05) is 21.1 Å². The molecule has 0 bridgehead atoms. The lowest BCUT2D eigenvalue weighted by atomic mass is 9.85. The SMILES string of the molecule is CCCCCCCCCC(=O)C(O)(C(=O)CCCCCCCCC)C([PH-])[N+](C)(C)C. The van der Waals surface area contributed by atoms with Gasteiger partial charge in [-0.05, 0) is 12.8 Å². The Bertz CT molecular complexity index is 444. The van der Waals surface area contributed by atoms with Crippen LogP contribution >= 0.6 is 9.24 Å². The van der Waals surface area contributed by atoms with E-state index in [4.69, 9.17) is 0 Å². The third kappa shape index (κ3) is 11.3. The largest absolute Gasteiger partial charge is 0.488 e. The van der Waals surface area contributed by atoms with Gasteiger partial charge in [-0.3, -0.25) is 9.59 Å². The predicted octanol–water partition coefficient (Wildman–Crippen LogP) is 6.31. The summed E-state index contributed by atoms with van der Waals surface area (Å²) in [4.78, 5) is 26.0. The molecule has 0 rings (SSSR count). The molecule has 0 saturated heterocycles. The maximum atomic E-state index is 13.0. The van der Waals surface area contributed by atoms with E-state index >= 15 is 0 Å². The summed E-state index contributed by atoms with van der Waals surface area (Å²) < 4.78 is 0.304. The van der Waals surface area contributed by atoms with E-state index in [0.717, 1.165) is 38.5 Å². The fraction of sp³-hybridized carbons (Fsp3) is 0.920. The van der Waals surface area contributed by atoms with Gasteiger partial charge < -0.3 is 18.8 Å². The zero-order valence-corrected chi connectivity index (χ0v) is 21.6. The molecule has 1 N–H and O–H groups in total. The first kappa shape index (κ1) is 29.7. The van der Waals surface area contributed by atoms with Crippen LogP contribution in [0.15, 0.2) is 0 Å². The molecule has 1 unspecified atom stereocenters. The van der Waals surface area contributed by atoms with E-state index in [1.54, 1.807) is 0 Å². The number of nitrogens with zero attached hydrogens (tertiary/aromatic N) is 1. The Balaban J connectivity index is 4.72. The van der Waals surface area contributed by atoms with E-state index < -0.39 is 11.4 Å². The summed E-state index contributed by atoms with van der Waals surface area (Å²) in [7, 11) is 9.25. The standard InChI is InChI=1S/C25H50NO3P/c1-6-8-10-12-14-16-18-20-22(27)25(29,24(30)26(3,4)5)23(28)21-19-17-15-13-11-9-7-2/h24,29-30H,6-21H2,1-5H3. The Kier molecular flexibility index (Phi) is 16.2. The molecule has 4 nitrogen and oxygen atoms in total. The monoisotopic (exact) mass is 443 g/mol. The highest BCUT2D eigenvalue weighted by Crippen LogP contribution is 2.30. The van der Waals surface area contributed by atoms with Crippen molar-refractivity contribution in [2.45, 2.75) is 128 Å². The lowest BCUT2D eigenvalue weighted by molar-refractivity contribution is -0.885. The first-order valence-corrected chi connectivity index (χ1v) is 13.0. The quantitative estimate of drug-likeness (QED) is 0.104. The maximum Gasteiger partial charge on any atom is 0.204 e. The number of quaternary nitrogens is 1. The number of unbranched alkanes of at least 4 members (excludes halogenated alkanes) is 12. The molecule has 0 amide bonds. The fourth-order valence-corrected chi connectivity index (χ4v) is 4.21. The minimum Gasteiger partial charge on any atom is -0.488 e. The molecule has 178 valence electrons. The van der Waals surface area contributed by atoms with Crippen molar-refractivity contribution in [1.82, 2.24) is 0 Å². The van der Waals surface area contributed by atoms with Crippen LogP contribution in [0.1, 0.15) is 117 Å². The normalized spacial score (nSPS) is 13.4. The number of Topliss-reactive ketones (excluding diaryl/α,β-unsaturated/α-hetero) is 2. The van der Waals surface area contributed by atoms with Gasteiger partial charge in [-0.15, -0.1) is 0 Å². The molecule has 30 heavy (non-hydrogen) atoms. The van der Waals surface area contributed by atoms with E-state index in [9.17, 15) is 14.7 Å². The topological polar surface area (TPSA) is 54.4 Å². The molecule has 0 fully saturated rings. The second-order valence-corrected chi connectivity index (χ2v) is 10.4. The number of aliphatic hydroxyl groups is 1. The van der Waals surface area contributed by atoms with Crippen LogP contribution in [0, 0.1) is 0 Å². The lowest BCUT2D eigenvalue weighted by Gasteiger charge is -2.46. The van der Waals surface area contributed by atoms with Gasteiger partial charge in [0.15, 0.2) is 11.6 Å². The predicted molar refractivity (Wildman–Crippen MR) is 130 cm³/mol. The number of hydrogen-bond acceptors (Lipinski definition) is 3. The molecule has 5 heteroatoms. The second kappa shape index (κ2) is 16.3. The Morgan fingerprint density at radius 1 is 0.700 bits per heavy atom. The van der Waals surface area contributed by atoms with E-state index in [-0.39, 0.29) is 24.4 Å². The van der Waals surface area contributed by atoms with Crippen LogP contribution < -0.4 is 0 Å². The highest BCUT2D eigenvalue weighted by atomic mass is 31.0. The van der Waals surface area contributed by atoms with Crippen LogP contribution in [0.2, 0.25) is 0 Å². The number of likely N-dealkylation sites (N-methyl/N-ethyl adjacent to an activating group) is 1. The van der Waals surface area contributed by atoms with Crippen molar-refractivity contribution in [2.75, 3.05) is 21.1 Å². The fourth-order valence-electron chi connectivity index (χ4n) is 3.89. The molecule has 0 aliphatic heterocycles. The van der Waals surface area contributed by atoms with E-state index in [1.165, 1.54) is 51.4 Å². The van der Waals surface area contributed by atoms with Crippen molar-refractivity contribution in [3.05, 3.63) is 0 Å². The van der Waals surface area contributed by atoms with Gasteiger partial charge in [-0.25, -0.2) is 0 Å². The zero-order chi connectivity index (χ0) is 23.0. The smallest absolute Gasteiger partial charge is 0.204 e. The summed E-state index contributed by atoms with van der Waals surface area (Å²) in [5, 5.41) is 11.3. The van der Waals surface area contributed by atoms with Crippen LogP contribution in [0.3, 0.4) is 0 Å². The van der Waals surface area contributed by atoms with Gasteiger partial charge in [0.25, 0.3) is 0 Å². The number of rotatable bonds is 20. The molecular formula is C25H50NO3P. The van der Waals surface area contributed by atoms with Crippen LogP contribution in [0.5, 0.6) is 0 Å².